The van der Waals surface area contributed by atoms with Crippen LogP contribution in [-0.4, -0.2) is 22.4 Å². The highest BCUT2D eigenvalue weighted by Crippen LogP contribution is 2.08. The zero-order valence-electron chi connectivity index (χ0n) is 7.90. The highest BCUT2D eigenvalue weighted by atomic mass is 16.1. The van der Waals surface area contributed by atoms with E-state index in [1.165, 1.54) is 6.08 Å². The van der Waals surface area contributed by atoms with E-state index < -0.39 is 0 Å². The number of rotatable bonds is 4. The Hall–Kier alpha value is -1.41. The molecule has 1 aromatic heterocycles. The smallest absolute Gasteiger partial charge is 0.234 e. The molecular formula is C9H13N3O. The maximum Gasteiger partial charge on any atom is 0.234 e. The van der Waals surface area contributed by atoms with Crippen LogP contribution in [0.1, 0.15) is 25.6 Å². The average molecular weight is 179 g/mol. The molecule has 0 bridgehead atoms. The molecule has 0 fully saturated rings. The van der Waals surface area contributed by atoms with Crippen molar-refractivity contribution in [2.75, 3.05) is 6.54 Å². The van der Waals surface area contributed by atoms with Crippen molar-refractivity contribution in [2.45, 2.75) is 26.3 Å². The summed E-state index contributed by atoms with van der Waals surface area (Å²) in [6.45, 7) is 4.63. The number of aliphatic imine (C=N–C) groups is 1. The molecule has 0 radical (unpaired) electrons. The summed E-state index contributed by atoms with van der Waals surface area (Å²) in [6, 6.07) is 2.30. The van der Waals surface area contributed by atoms with Gasteiger partial charge < -0.3 is 0 Å². The topological polar surface area (TPSA) is 47.2 Å². The second kappa shape index (κ2) is 4.58. The first kappa shape index (κ1) is 9.68. The van der Waals surface area contributed by atoms with Crippen LogP contribution in [0.15, 0.2) is 17.3 Å². The zero-order chi connectivity index (χ0) is 9.68. The van der Waals surface area contributed by atoms with Crippen molar-refractivity contribution < 1.29 is 4.79 Å². The van der Waals surface area contributed by atoms with Gasteiger partial charge in [0.1, 0.15) is 0 Å². The second-order valence-electron chi connectivity index (χ2n) is 3.08. The van der Waals surface area contributed by atoms with Crippen molar-refractivity contribution in [1.29, 1.82) is 0 Å². The highest BCUT2D eigenvalue weighted by molar-refractivity contribution is 5.32. The number of isocyanates is 1. The van der Waals surface area contributed by atoms with Gasteiger partial charge in [-0.1, -0.05) is 0 Å². The van der Waals surface area contributed by atoms with E-state index in [9.17, 15) is 4.79 Å². The molecular weight excluding hydrogens is 166 g/mol. The quantitative estimate of drug-likeness (QED) is 0.517. The van der Waals surface area contributed by atoms with Gasteiger partial charge in [-0.2, -0.15) is 5.10 Å². The molecule has 0 spiro atoms. The van der Waals surface area contributed by atoms with Crippen LogP contribution in [-0.2, 0) is 11.2 Å². The summed E-state index contributed by atoms with van der Waals surface area (Å²) in [5.41, 5.74) is 1.11. The van der Waals surface area contributed by atoms with E-state index in [0.29, 0.717) is 12.6 Å². The number of hydrogen-bond acceptors (Lipinski definition) is 3. The normalized spacial score (nSPS) is 10.1. The molecule has 0 aliphatic rings. The Morgan fingerprint density at radius 1 is 1.69 bits per heavy atom. The van der Waals surface area contributed by atoms with Crippen LogP contribution in [0, 0.1) is 0 Å². The second-order valence-corrected chi connectivity index (χ2v) is 3.08. The lowest BCUT2D eigenvalue weighted by Gasteiger charge is -2.09. The van der Waals surface area contributed by atoms with E-state index in [1.54, 1.807) is 6.20 Å². The van der Waals surface area contributed by atoms with E-state index in [0.717, 1.165) is 12.1 Å². The summed E-state index contributed by atoms with van der Waals surface area (Å²) in [5.74, 6) is 0. The van der Waals surface area contributed by atoms with E-state index in [1.807, 2.05) is 10.7 Å². The third-order valence-electron chi connectivity index (χ3n) is 1.79. The van der Waals surface area contributed by atoms with Crippen molar-refractivity contribution in [3.05, 3.63) is 18.0 Å². The number of carbonyl (C=O) groups excluding carboxylic acids is 1. The maximum atomic E-state index is 9.84. The fourth-order valence-electron chi connectivity index (χ4n) is 1.22. The number of hydrogen-bond donors (Lipinski definition) is 0. The lowest BCUT2D eigenvalue weighted by atomic mass is 10.3. The van der Waals surface area contributed by atoms with Crippen LogP contribution in [0.25, 0.3) is 0 Å². The predicted octanol–water partition coefficient (Wildman–Crippen LogP) is 1.34. The summed E-state index contributed by atoms with van der Waals surface area (Å²) < 4.78 is 1.93. The Morgan fingerprint density at radius 2 is 2.46 bits per heavy atom. The fourth-order valence-corrected chi connectivity index (χ4v) is 1.22. The molecule has 70 valence electrons. The first-order chi connectivity index (χ1) is 6.25. The molecule has 1 aromatic rings. The Kier molecular flexibility index (Phi) is 3.41. The zero-order valence-corrected chi connectivity index (χ0v) is 7.90. The van der Waals surface area contributed by atoms with Crippen LogP contribution in [0.4, 0.5) is 0 Å². The van der Waals surface area contributed by atoms with E-state index in [4.69, 9.17) is 0 Å². The van der Waals surface area contributed by atoms with Crippen molar-refractivity contribution in [2.24, 2.45) is 4.99 Å². The lowest BCUT2D eigenvalue weighted by molar-refractivity contribution is 0.509. The molecule has 0 atom stereocenters. The van der Waals surface area contributed by atoms with E-state index in [-0.39, 0.29) is 0 Å². The molecule has 1 rings (SSSR count). The summed E-state index contributed by atoms with van der Waals surface area (Å²) in [6.07, 6.45) is 4.03. The van der Waals surface area contributed by atoms with Crippen molar-refractivity contribution >= 4 is 6.08 Å². The Bertz CT molecular complexity index is 310. The van der Waals surface area contributed by atoms with Gasteiger partial charge in [0.2, 0.25) is 6.08 Å². The number of aromatic nitrogens is 2. The van der Waals surface area contributed by atoms with E-state index >= 15 is 0 Å². The van der Waals surface area contributed by atoms with Crippen molar-refractivity contribution in [3.8, 4) is 0 Å². The lowest BCUT2D eigenvalue weighted by Crippen LogP contribution is -2.08. The van der Waals surface area contributed by atoms with Crippen molar-refractivity contribution in [1.82, 2.24) is 9.78 Å². The summed E-state index contributed by atoms with van der Waals surface area (Å²) >= 11 is 0. The third-order valence-corrected chi connectivity index (χ3v) is 1.79. The minimum absolute atomic E-state index is 0.352. The molecule has 4 nitrogen and oxygen atoms in total. The van der Waals surface area contributed by atoms with Crippen LogP contribution in [0.3, 0.4) is 0 Å². The third kappa shape index (κ3) is 2.53. The van der Waals surface area contributed by atoms with Crippen LogP contribution in [0.2, 0.25) is 0 Å². The van der Waals surface area contributed by atoms with Gasteiger partial charge in [-0.05, 0) is 19.9 Å². The molecule has 13 heavy (non-hydrogen) atoms. The molecule has 0 saturated carbocycles. The highest BCUT2D eigenvalue weighted by Gasteiger charge is 2.04. The molecule has 1 heterocycles. The summed E-state index contributed by atoms with van der Waals surface area (Å²) in [4.78, 5) is 13.3. The summed E-state index contributed by atoms with van der Waals surface area (Å²) in [5, 5.41) is 4.17. The van der Waals surface area contributed by atoms with Gasteiger partial charge in [0.05, 0.1) is 6.54 Å². The van der Waals surface area contributed by atoms with E-state index in [2.05, 4.69) is 23.9 Å². The number of nitrogens with zero attached hydrogens (tertiary/aromatic N) is 3. The van der Waals surface area contributed by atoms with Gasteiger partial charge in [-0.3, -0.25) is 4.68 Å². The molecule has 0 unspecified atom stereocenters. The largest absolute Gasteiger partial charge is 0.267 e. The Balaban J connectivity index is 2.65. The Labute approximate surface area is 77.3 Å². The molecule has 4 heteroatoms. The van der Waals surface area contributed by atoms with Gasteiger partial charge >= 0.3 is 0 Å². The van der Waals surface area contributed by atoms with Crippen LogP contribution in [0.5, 0.6) is 0 Å². The van der Waals surface area contributed by atoms with Gasteiger partial charge in [0, 0.05) is 24.4 Å². The first-order valence-corrected chi connectivity index (χ1v) is 4.31. The van der Waals surface area contributed by atoms with Gasteiger partial charge in [0.25, 0.3) is 0 Å². The van der Waals surface area contributed by atoms with Crippen LogP contribution < -0.4 is 0 Å². The van der Waals surface area contributed by atoms with Gasteiger partial charge in [-0.15, -0.1) is 0 Å². The molecule has 0 aromatic carbocycles. The molecule has 0 amide bonds. The monoisotopic (exact) mass is 179 g/mol. The maximum absolute atomic E-state index is 9.84. The average Bonchev–Trinajstić information content (AvgIpc) is 2.53. The predicted molar refractivity (Wildman–Crippen MR) is 49.3 cm³/mol. The van der Waals surface area contributed by atoms with Crippen LogP contribution >= 0.6 is 0 Å². The molecule has 0 saturated heterocycles. The molecule has 0 N–H and O–H groups in total. The minimum Gasteiger partial charge on any atom is -0.267 e. The fraction of sp³-hybridized carbons (Fsp3) is 0.556. The first-order valence-electron chi connectivity index (χ1n) is 4.31. The minimum atomic E-state index is 0.352. The summed E-state index contributed by atoms with van der Waals surface area (Å²) in [7, 11) is 0. The standard InChI is InChI=1S/C9H13N3O/c1-8(2)12-9(4-6-11-12)3-5-10-7-13/h4,6,8H,3,5H2,1-2H3. The van der Waals surface area contributed by atoms with Gasteiger partial charge in [-0.25, -0.2) is 9.79 Å². The molecule has 0 aliphatic carbocycles. The molecule has 0 aliphatic heterocycles. The van der Waals surface area contributed by atoms with Crippen molar-refractivity contribution in [3.63, 3.8) is 0 Å². The van der Waals surface area contributed by atoms with Gasteiger partial charge in [0.15, 0.2) is 0 Å². The SMILES string of the molecule is CC(C)n1nccc1CCN=C=O. The Morgan fingerprint density at radius 3 is 3.08 bits per heavy atom.